The van der Waals surface area contributed by atoms with Gasteiger partial charge >= 0.3 is 23.9 Å². The van der Waals surface area contributed by atoms with Crippen molar-refractivity contribution in [1.29, 1.82) is 0 Å². The van der Waals surface area contributed by atoms with Gasteiger partial charge in [-0.1, -0.05) is 11.6 Å². The van der Waals surface area contributed by atoms with Gasteiger partial charge in [-0.25, -0.2) is 4.98 Å². The number of hydrogen-bond donors (Lipinski definition) is 1. The van der Waals surface area contributed by atoms with Crippen LogP contribution in [0.25, 0.3) is 0 Å². The molecule has 0 radical (unpaired) electrons. The third-order valence-electron chi connectivity index (χ3n) is 2.18. The fourth-order valence-corrected chi connectivity index (χ4v) is 1.33. The highest BCUT2D eigenvalue weighted by Gasteiger charge is 2.58. The number of amides is 1. The number of hydrogen-bond acceptors (Lipinski definition) is 2. The zero-order valence-electron chi connectivity index (χ0n) is 10.0. The number of carbonyl (C=O) groups excluding carboxylic acids is 1. The standard InChI is InChI=1S/C10H6ClF7N2O/c1-8(12,13)9(14,15)7(21)19-4-2-5(10(16,17)18)20-6(11)3-4/h2-3H,1H3,(H,19,20,21). The quantitative estimate of drug-likeness (QED) is 0.669. The van der Waals surface area contributed by atoms with Crippen LogP contribution >= 0.6 is 11.6 Å². The Morgan fingerprint density at radius 2 is 1.67 bits per heavy atom. The minimum Gasteiger partial charge on any atom is -0.320 e. The van der Waals surface area contributed by atoms with Crippen LogP contribution in [0.15, 0.2) is 12.1 Å². The van der Waals surface area contributed by atoms with Crippen LogP contribution in [0.5, 0.6) is 0 Å². The Balaban J connectivity index is 3.10. The van der Waals surface area contributed by atoms with Gasteiger partial charge in [0.15, 0.2) is 0 Å². The highest BCUT2D eigenvalue weighted by atomic mass is 35.5. The van der Waals surface area contributed by atoms with E-state index in [1.807, 2.05) is 0 Å². The molecule has 1 heterocycles. The molecule has 1 aromatic rings. The lowest BCUT2D eigenvalue weighted by atomic mass is 10.2. The summed E-state index contributed by atoms with van der Waals surface area (Å²) in [5.41, 5.74) is -2.41. The molecule has 0 atom stereocenters. The van der Waals surface area contributed by atoms with E-state index < -0.39 is 40.5 Å². The van der Waals surface area contributed by atoms with E-state index in [-0.39, 0.29) is 13.0 Å². The Bertz CT molecular complexity index is 553. The molecule has 0 fully saturated rings. The molecule has 0 aliphatic rings. The van der Waals surface area contributed by atoms with Crippen molar-refractivity contribution in [3.8, 4) is 0 Å². The van der Waals surface area contributed by atoms with Crippen LogP contribution in [0.4, 0.5) is 36.4 Å². The molecule has 0 aromatic carbocycles. The topological polar surface area (TPSA) is 42.0 Å². The van der Waals surface area contributed by atoms with Crippen LogP contribution in [-0.2, 0) is 11.0 Å². The van der Waals surface area contributed by atoms with E-state index in [2.05, 4.69) is 4.98 Å². The van der Waals surface area contributed by atoms with Crippen molar-refractivity contribution in [3.63, 3.8) is 0 Å². The first-order valence-electron chi connectivity index (χ1n) is 5.07. The molecule has 1 aromatic heterocycles. The number of pyridine rings is 1. The lowest BCUT2D eigenvalue weighted by Gasteiger charge is -2.22. The number of aromatic nitrogens is 1. The third-order valence-corrected chi connectivity index (χ3v) is 2.37. The van der Waals surface area contributed by atoms with Gasteiger partial charge in [0.05, 0.1) is 0 Å². The highest BCUT2D eigenvalue weighted by molar-refractivity contribution is 6.29. The molecular weight excluding hydrogens is 333 g/mol. The largest absolute Gasteiger partial charge is 0.433 e. The molecular formula is C10H6ClF7N2O. The van der Waals surface area contributed by atoms with Gasteiger partial charge in [0.1, 0.15) is 10.8 Å². The molecule has 21 heavy (non-hydrogen) atoms. The first kappa shape index (κ1) is 17.5. The molecule has 0 saturated carbocycles. The van der Waals surface area contributed by atoms with E-state index in [1.54, 1.807) is 0 Å². The minimum absolute atomic E-state index is 0.188. The molecule has 11 heteroatoms. The Kier molecular flexibility index (Phi) is 4.42. The van der Waals surface area contributed by atoms with Crippen LogP contribution in [0, 0.1) is 0 Å². The van der Waals surface area contributed by atoms with Gasteiger partial charge in [0, 0.05) is 12.6 Å². The van der Waals surface area contributed by atoms with Gasteiger partial charge in [0.2, 0.25) is 0 Å². The first-order chi connectivity index (χ1) is 9.25. The van der Waals surface area contributed by atoms with Crippen LogP contribution in [0.3, 0.4) is 0 Å². The van der Waals surface area contributed by atoms with Crippen molar-refractivity contribution in [2.45, 2.75) is 24.9 Å². The maximum Gasteiger partial charge on any atom is 0.433 e. The number of alkyl halides is 7. The summed E-state index contributed by atoms with van der Waals surface area (Å²) in [6, 6.07) is 0.798. The van der Waals surface area contributed by atoms with E-state index in [1.165, 1.54) is 5.32 Å². The van der Waals surface area contributed by atoms with Gasteiger partial charge in [-0.3, -0.25) is 4.79 Å². The van der Waals surface area contributed by atoms with Crippen LogP contribution in [0.2, 0.25) is 5.15 Å². The summed E-state index contributed by atoms with van der Waals surface area (Å²) in [6.07, 6.45) is -4.96. The summed E-state index contributed by atoms with van der Waals surface area (Å²) < 4.78 is 88.4. The fourth-order valence-electron chi connectivity index (χ4n) is 1.12. The van der Waals surface area contributed by atoms with Gasteiger partial charge in [-0.2, -0.15) is 30.7 Å². The van der Waals surface area contributed by atoms with Gasteiger partial charge in [-0.05, 0) is 12.1 Å². The van der Waals surface area contributed by atoms with Crippen LogP contribution < -0.4 is 5.32 Å². The van der Waals surface area contributed by atoms with Crippen LogP contribution in [0.1, 0.15) is 12.6 Å². The zero-order valence-corrected chi connectivity index (χ0v) is 10.8. The minimum atomic E-state index is -5.11. The lowest BCUT2D eigenvalue weighted by Crippen LogP contribution is -2.48. The summed E-state index contributed by atoms with van der Waals surface area (Å²) in [5.74, 6) is -12.3. The van der Waals surface area contributed by atoms with Crippen molar-refractivity contribution >= 4 is 23.2 Å². The van der Waals surface area contributed by atoms with Crippen molar-refractivity contribution in [2.75, 3.05) is 5.32 Å². The second kappa shape index (κ2) is 5.32. The number of halogens is 8. The number of anilines is 1. The second-order valence-electron chi connectivity index (χ2n) is 3.98. The molecule has 0 aliphatic heterocycles. The molecule has 0 unspecified atom stereocenters. The number of rotatable bonds is 3. The molecule has 1 N–H and O–H groups in total. The van der Waals surface area contributed by atoms with Gasteiger partial charge in [-0.15, -0.1) is 0 Å². The van der Waals surface area contributed by atoms with E-state index in [4.69, 9.17) is 11.6 Å². The molecule has 0 saturated heterocycles. The maximum atomic E-state index is 13.0. The summed E-state index contributed by atoms with van der Waals surface area (Å²) in [6.45, 7) is -0.201. The van der Waals surface area contributed by atoms with Crippen molar-refractivity contribution in [3.05, 3.63) is 23.0 Å². The molecule has 0 aliphatic carbocycles. The number of nitrogens with one attached hydrogen (secondary N) is 1. The third kappa shape index (κ3) is 3.96. The fraction of sp³-hybridized carbons (Fsp3) is 0.400. The predicted molar refractivity (Wildman–Crippen MR) is 58.4 cm³/mol. The molecule has 1 rings (SSSR count). The summed E-state index contributed by atoms with van der Waals surface area (Å²) >= 11 is 5.25. The maximum absolute atomic E-state index is 13.0. The molecule has 1 amide bonds. The smallest absolute Gasteiger partial charge is 0.320 e. The highest BCUT2D eigenvalue weighted by Crippen LogP contribution is 2.35. The molecule has 3 nitrogen and oxygen atoms in total. The zero-order chi connectivity index (χ0) is 16.6. The summed E-state index contributed by atoms with van der Waals surface area (Å²) in [5, 5.41) is 0.491. The Hall–Kier alpha value is -1.58. The molecule has 0 spiro atoms. The van der Waals surface area contributed by atoms with Crippen molar-refractivity contribution in [2.24, 2.45) is 0 Å². The molecule has 0 bridgehead atoms. The SMILES string of the molecule is CC(F)(F)C(F)(F)C(=O)Nc1cc(Cl)nc(C(F)(F)F)c1. The Morgan fingerprint density at radius 3 is 2.10 bits per heavy atom. The Labute approximate surface area is 118 Å². The summed E-state index contributed by atoms with van der Waals surface area (Å²) in [7, 11) is 0. The average molecular weight is 339 g/mol. The first-order valence-corrected chi connectivity index (χ1v) is 5.45. The van der Waals surface area contributed by atoms with Gasteiger partial charge in [0.25, 0.3) is 0 Å². The predicted octanol–water partition coefficient (Wildman–Crippen LogP) is 3.98. The van der Waals surface area contributed by atoms with E-state index in [0.717, 1.165) is 0 Å². The van der Waals surface area contributed by atoms with Crippen molar-refractivity contribution in [1.82, 2.24) is 4.98 Å². The van der Waals surface area contributed by atoms with E-state index in [0.29, 0.717) is 6.07 Å². The lowest BCUT2D eigenvalue weighted by molar-refractivity contribution is -0.198. The number of nitrogens with zero attached hydrogens (tertiary/aromatic N) is 1. The number of carbonyl (C=O) groups is 1. The second-order valence-corrected chi connectivity index (χ2v) is 4.37. The van der Waals surface area contributed by atoms with Crippen molar-refractivity contribution < 1.29 is 35.5 Å². The monoisotopic (exact) mass is 338 g/mol. The van der Waals surface area contributed by atoms with E-state index >= 15 is 0 Å². The van der Waals surface area contributed by atoms with Gasteiger partial charge < -0.3 is 5.32 Å². The van der Waals surface area contributed by atoms with E-state index in [9.17, 15) is 35.5 Å². The van der Waals surface area contributed by atoms with Crippen LogP contribution in [-0.4, -0.2) is 22.7 Å². The summed E-state index contributed by atoms with van der Waals surface area (Å²) in [4.78, 5) is 13.9. The Morgan fingerprint density at radius 1 is 1.14 bits per heavy atom. The normalized spacial score (nSPS) is 13.2. The average Bonchev–Trinajstić information content (AvgIpc) is 2.25. The molecule has 118 valence electrons.